The van der Waals surface area contributed by atoms with Gasteiger partial charge in [-0.25, -0.2) is 4.79 Å². The zero-order valence-corrected chi connectivity index (χ0v) is 22.9. The first-order chi connectivity index (χ1) is 18.4. The molecule has 0 aromatic heterocycles. The summed E-state index contributed by atoms with van der Waals surface area (Å²) in [5.41, 5.74) is -0.843. The molecule has 208 valence electrons. The van der Waals surface area contributed by atoms with Gasteiger partial charge in [-0.05, 0) is 75.7 Å². The molecule has 1 amide bonds. The van der Waals surface area contributed by atoms with E-state index in [9.17, 15) is 19.5 Å². The first-order valence-electron chi connectivity index (χ1n) is 13.9. The Morgan fingerprint density at radius 1 is 1.15 bits per heavy atom. The van der Waals surface area contributed by atoms with E-state index in [2.05, 4.69) is 12.2 Å². The van der Waals surface area contributed by atoms with Gasteiger partial charge in [0.2, 0.25) is 5.78 Å². The van der Waals surface area contributed by atoms with E-state index in [4.69, 9.17) is 14.2 Å². The molecule has 0 spiro atoms. The second kappa shape index (κ2) is 8.85. The minimum absolute atomic E-state index is 0.00339. The highest BCUT2D eigenvalue weighted by Gasteiger charge is 2.77. The maximum Gasteiger partial charge on any atom is 0.412 e. The second-order valence-corrected chi connectivity index (χ2v) is 12.8. The van der Waals surface area contributed by atoms with Gasteiger partial charge in [-0.3, -0.25) is 14.9 Å². The molecule has 39 heavy (non-hydrogen) atoms. The van der Waals surface area contributed by atoms with Gasteiger partial charge in [-0.15, -0.1) is 0 Å². The van der Waals surface area contributed by atoms with E-state index < -0.39 is 47.1 Å². The van der Waals surface area contributed by atoms with Crippen LogP contribution in [-0.4, -0.2) is 53.0 Å². The predicted molar refractivity (Wildman–Crippen MR) is 143 cm³/mol. The average molecular weight is 536 g/mol. The number of rotatable bonds is 4. The second-order valence-electron chi connectivity index (χ2n) is 12.8. The van der Waals surface area contributed by atoms with E-state index >= 15 is 0 Å². The lowest BCUT2D eigenvalue weighted by Crippen LogP contribution is -2.64. The molecular weight excluding hydrogens is 498 g/mol. The van der Waals surface area contributed by atoms with Crippen molar-refractivity contribution in [1.29, 1.82) is 0 Å². The van der Waals surface area contributed by atoms with Crippen molar-refractivity contribution in [2.24, 2.45) is 28.6 Å². The number of fused-ring (bicyclic) bond motifs is 7. The number of benzene rings is 1. The smallest absolute Gasteiger partial charge is 0.412 e. The van der Waals surface area contributed by atoms with Gasteiger partial charge in [-0.2, -0.15) is 0 Å². The van der Waals surface area contributed by atoms with Crippen LogP contribution in [0.15, 0.2) is 54.1 Å². The van der Waals surface area contributed by atoms with Crippen LogP contribution in [0.4, 0.5) is 10.5 Å². The van der Waals surface area contributed by atoms with Crippen LogP contribution < -0.4 is 5.32 Å². The Hall–Kier alpha value is -2.81. The first kappa shape index (κ1) is 26.4. The van der Waals surface area contributed by atoms with Gasteiger partial charge in [0.25, 0.3) is 0 Å². The number of aliphatic hydroxyl groups excluding tert-OH is 1. The number of Topliss-reactive ketones (excluding diaryl/α,β-unsaturated/α-hetero) is 1. The molecule has 1 aromatic rings. The van der Waals surface area contributed by atoms with Gasteiger partial charge in [0.15, 0.2) is 23.8 Å². The summed E-state index contributed by atoms with van der Waals surface area (Å²) in [5, 5.41) is 14.4. The maximum atomic E-state index is 14.1. The van der Waals surface area contributed by atoms with Gasteiger partial charge in [-0.1, -0.05) is 43.7 Å². The van der Waals surface area contributed by atoms with Crippen LogP contribution in [0.5, 0.6) is 0 Å². The number of aliphatic hydroxyl groups is 1. The summed E-state index contributed by atoms with van der Waals surface area (Å²) < 4.78 is 18.3. The summed E-state index contributed by atoms with van der Waals surface area (Å²) in [6.45, 7) is 7.30. The Bertz CT molecular complexity index is 1270. The molecule has 8 nitrogen and oxygen atoms in total. The monoisotopic (exact) mass is 535 g/mol. The SMILES string of the molecule is CC1(C)O[C@@H]2CC3C4CCC5=CC(=O)C=CC5(C)C4[C@@H](O)CC3(C)[C@]2(C(=O)COC(=O)Nc2ccccc2)O1. The molecule has 2 N–H and O–H groups in total. The number of para-hydroxylation sites is 1. The van der Waals surface area contributed by atoms with Crippen molar-refractivity contribution >= 4 is 23.3 Å². The number of nitrogens with one attached hydrogen (secondary N) is 1. The van der Waals surface area contributed by atoms with E-state index in [0.717, 1.165) is 18.4 Å². The van der Waals surface area contributed by atoms with E-state index in [-0.39, 0.29) is 29.3 Å². The molecule has 1 aliphatic heterocycles. The topological polar surface area (TPSA) is 111 Å². The molecule has 1 heterocycles. The van der Waals surface area contributed by atoms with Crippen molar-refractivity contribution in [2.45, 2.75) is 77.0 Å². The normalized spacial score (nSPS) is 41.5. The van der Waals surface area contributed by atoms with Crippen molar-refractivity contribution in [3.63, 3.8) is 0 Å². The standard InChI is InChI=1S/C31H37NO7/c1-28(2)38-25-15-22-21-11-10-18-14-20(33)12-13-29(18,3)26(21)23(34)16-30(22,4)31(25,39-28)24(35)17-37-27(36)32-19-8-6-5-7-9-19/h5-9,12-14,21-23,25-26,34H,10-11,15-17H2,1-4H3,(H,32,36)/t21?,22?,23-,25+,26?,29?,30?,31+/m0/s1. The summed E-state index contributed by atoms with van der Waals surface area (Å²) in [6.07, 6.45) is 5.94. The molecule has 1 aromatic carbocycles. The number of hydrogen-bond acceptors (Lipinski definition) is 7. The number of allylic oxidation sites excluding steroid dienone is 4. The molecule has 5 aliphatic rings. The molecule has 0 bridgehead atoms. The summed E-state index contributed by atoms with van der Waals surface area (Å²) >= 11 is 0. The van der Waals surface area contributed by atoms with E-state index in [1.807, 2.05) is 19.1 Å². The summed E-state index contributed by atoms with van der Waals surface area (Å²) in [7, 11) is 0. The highest BCUT2D eigenvalue weighted by molar-refractivity contribution is 6.01. The highest BCUT2D eigenvalue weighted by Crippen LogP contribution is 2.70. The van der Waals surface area contributed by atoms with Crippen molar-refractivity contribution in [3.05, 3.63) is 54.1 Å². The Kier molecular flexibility index (Phi) is 5.99. The van der Waals surface area contributed by atoms with Crippen LogP contribution in [0, 0.1) is 28.6 Å². The summed E-state index contributed by atoms with van der Waals surface area (Å²) in [4.78, 5) is 38.7. The summed E-state index contributed by atoms with van der Waals surface area (Å²) in [5.74, 6) is -1.25. The fourth-order valence-electron chi connectivity index (χ4n) is 8.84. The van der Waals surface area contributed by atoms with Crippen LogP contribution in [-0.2, 0) is 23.8 Å². The number of amides is 1. The Morgan fingerprint density at radius 3 is 2.64 bits per heavy atom. The Morgan fingerprint density at radius 2 is 1.90 bits per heavy atom. The van der Waals surface area contributed by atoms with Crippen LogP contribution in [0.3, 0.4) is 0 Å². The van der Waals surface area contributed by atoms with E-state index in [0.29, 0.717) is 18.5 Å². The lowest BCUT2D eigenvalue weighted by Gasteiger charge is -2.59. The predicted octanol–water partition coefficient (Wildman–Crippen LogP) is 4.58. The van der Waals surface area contributed by atoms with Crippen LogP contribution in [0.25, 0.3) is 0 Å². The molecule has 3 saturated carbocycles. The van der Waals surface area contributed by atoms with Gasteiger partial charge < -0.3 is 19.3 Å². The van der Waals surface area contributed by atoms with Crippen molar-refractivity contribution in [3.8, 4) is 0 Å². The minimum Gasteiger partial charge on any atom is -0.441 e. The third-order valence-electron chi connectivity index (χ3n) is 10.3. The molecule has 6 rings (SSSR count). The van der Waals surface area contributed by atoms with Crippen molar-refractivity contribution in [2.75, 3.05) is 11.9 Å². The molecular formula is C31H37NO7. The number of carbonyl (C=O) groups is 3. The molecule has 4 fully saturated rings. The van der Waals surface area contributed by atoms with Crippen LogP contribution >= 0.6 is 0 Å². The quantitative estimate of drug-likeness (QED) is 0.580. The van der Waals surface area contributed by atoms with Gasteiger partial charge in [0.1, 0.15) is 0 Å². The van der Waals surface area contributed by atoms with Crippen molar-refractivity contribution < 1.29 is 33.7 Å². The number of hydrogen-bond donors (Lipinski definition) is 2. The average Bonchev–Trinajstić information content (AvgIpc) is 3.29. The molecule has 1 saturated heterocycles. The van der Waals surface area contributed by atoms with Crippen molar-refractivity contribution in [1.82, 2.24) is 0 Å². The lowest BCUT2D eigenvalue weighted by atomic mass is 9.46. The fourth-order valence-corrected chi connectivity index (χ4v) is 8.84. The third kappa shape index (κ3) is 3.86. The first-order valence-corrected chi connectivity index (χ1v) is 13.9. The Labute approximate surface area is 228 Å². The zero-order valence-electron chi connectivity index (χ0n) is 22.9. The summed E-state index contributed by atoms with van der Waals surface area (Å²) in [6, 6.07) is 8.90. The van der Waals surface area contributed by atoms with E-state index in [1.165, 1.54) is 0 Å². The fraction of sp³-hybridized carbons (Fsp3) is 0.581. The maximum absolute atomic E-state index is 14.1. The number of ether oxygens (including phenoxy) is 3. The lowest BCUT2D eigenvalue weighted by molar-refractivity contribution is -0.225. The molecule has 0 radical (unpaired) electrons. The van der Waals surface area contributed by atoms with Gasteiger partial charge in [0.05, 0.1) is 12.2 Å². The van der Waals surface area contributed by atoms with Gasteiger partial charge in [0, 0.05) is 22.4 Å². The number of anilines is 1. The number of ketones is 2. The molecule has 4 aliphatic carbocycles. The molecule has 8 atom stereocenters. The highest BCUT2D eigenvalue weighted by atomic mass is 16.8. The van der Waals surface area contributed by atoms with Crippen LogP contribution in [0.2, 0.25) is 0 Å². The largest absolute Gasteiger partial charge is 0.441 e. The number of carbonyl (C=O) groups excluding carboxylic acids is 3. The van der Waals surface area contributed by atoms with Crippen LogP contribution in [0.1, 0.15) is 53.4 Å². The minimum atomic E-state index is -1.35. The zero-order chi connectivity index (χ0) is 27.8. The Balaban J connectivity index is 1.29. The molecule has 8 heteroatoms. The van der Waals surface area contributed by atoms with E-state index in [1.54, 1.807) is 50.3 Å². The van der Waals surface area contributed by atoms with Gasteiger partial charge >= 0.3 is 6.09 Å². The third-order valence-corrected chi connectivity index (χ3v) is 10.3. The molecule has 5 unspecified atom stereocenters.